The average molecular weight is 204 g/mol. The van der Waals surface area contributed by atoms with Gasteiger partial charge in [-0.2, -0.15) is 5.10 Å². The van der Waals surface area contributed by atoms with Crippen molar-refractivity contribution in [1.82, 2.24) is 9.78 Å². The molecule has 0 atom stereocenters. The molecule has 1 aromatic heterocycles. The van der Waals surface area contributed by atoms with Crippen LogP contribution in [0.4, 0.5) is 5.82 Å². The van der Waals surface area contributed by atoms with Crippen molar-refractivity contribution in [3.8, 4) is 0 Å². The van der Waals surface area contributed by atoms with Gasteiger partial charge < -0.3 is 10.5 Å². The molecule has 13 heavy (non-hydrogen) atoms. The SMILES string of the molecule is COC(C)(C)Cn1ncc(Cl)c1N. The molecule has 0 aliphatic carbocycles. The van der Waals surface area contributed by atoms with Crippen LogP contribution < -0.4 is 5.73 Å². The molecule has 0 saturated carbocycles. The summed E-state index contributed by atoms with van der Waals surface area (Å²) in [7, 11) is 1.65. The topological polar surface area (TPSA) is 53.1 Å². The lowest BCUT2D eigenvalue weighted by molar-refractivity contribution is 0.00594. The fourth-order valence-corrected chi connectivity index (χ4v) is 1.06. The third-order valence-electron chi connectivity index (χ3n) is 1.92. The highest BCUT2D eigenvalue weighted by Gasteiger charge is 2.19. The maximum atomic E-state index is 5.75. The van der Waals surface area contributed by atoms with Gasteiger partial charge in [-0.15, -0.1) is 0 Å². The van der Waals surface area contributed by atoms with Crippen LogP contribution in [0.3, 0.4) is 0 Å². The summed E-state index contributed by atoms with van der Waals surface area (Å²) < 4.78 is 6.88. The first kappa shape index (κ1) is 10.3. The molecule has 1 heterocycles. The first-order valence-electron chi connectivity index (χ1n) is 3.98. The van der Waals surface area contributed by atoms with Crippen LogP contribution >= 0.6 is 11.6 Å². The van der Waals surface area contributed by atoms with Crippen LogP contribution in [-0.4, -0.2) is 22.5 Å². The number of nitrogens with two attached hydrogens (primary N) is 1. The molecule has 0 radical (unpaired) electrons. The summed E-state index contributed by atoms with van der Waals surface area (Å²) >= 11 is 5.75. The van der Waals surface area contributed by atoms with Gasteiger partial charge in [0.25, 0.3) is 0 Å². The minimum Gasteiger partial charge on any atom is -0.383 e. The van der Waals surface area contributed by atoms with Gasteiger partial charge in [0.05, 0.1) is 18.3 Å². The molecule has 0 bridgehead atoms. The molecule has 0 unspecified atom stereocenters. The van der Waals surface area contributed by atoms with Crippen LogP contribution in [0.5, 0.6) is 0 Å². The van der Waals surface area contributed by atoms with Crippen LogP contribution in [-0.2, 0) is 11.3 Å². The number of ether oxygens (including phenoxy) is 1. The molecular weight excluding hydrogens is 190 g/mol. The molecule has 4 nitrogen and oxygen atoms in total. The molecule has 1 rings (SSSR count). The van der Waals surface area contributed by atoms with E-state index in [4.69, 9.17) is 22.1 Å². The Hall–Kier alpha value is -0.740. The van der Waals surface area contributed by atoms with Crippen molar-refractivity contribution >= 4 is 17.4 Å². The van der Waals surface area contributed by atoms with Gasteiger partial charge in [-0.05, 0) is 13.8 Å². The maximum Gasteiger partial charge on any atom is 0.140 e. The third kappa shape index (κ3) is 2.35. The molecule has 0 amide bonds. The predicted octanol–water partition coefficient (Wildman–Crippen LogP) is 1.54. The van der Waals surface area contributed by atoms with Gasteiger partial charge >= 0.3 is 0 Å². The quantitative estimate of drug-likeness (QED) is 0.811. The van der Waals surface area contributed by atoms with Crippen molar-refractivity contribution in [2.24, 2.45) is 0 Å². The van der Waals surface area contributed by atoms with Crippen molar-refractivity contribution in [3.63, 3.8) is 0 Å². The van der Waals surface area contributed by atoms with E-state index < -0.39 is 0 Å². The van der Waals surface area contributed by atoms with E-state index in [2.05, 4.69) is 5.10 Å². The number of hydrogen-bond donors (Lipinski definition) is 1. The standard InChI is InChI=1S/C8H14ClN3O/c1-8(2,13-3)5-12-7(10)6(9)4-11-12/h4H,5,10H2,1-3H3. The van der Waals surface area contributed by atoms with Gasteiger partial charge in [0.1, 0.15) is 10.8 Å². The number of hydrogen-bond acceptors (Lipinski definition) is 3. The lowest BCUT2D eigenvalue weighted by Gasteiger charge is -2.23. The minimum absolute atomic E-state index is 0.288. The fraction of sp³-hybridized carbons (Fsp3) is 0.625. The molecule has 0 spiro atoms. The van der Waals surface area contributed by atoms with Crippen molar-refractivity contribution in [2.75, 3.05) is 12.8 Å². The second kappa shape index (κ2) is 3.55. The highest BCUT2D eigenvalue weighted by molar-refractivity contribution is 6.32. The molecule has 0 saturated heterocycles. The van der Waals surface area contributed by atoms with Crippen molar-refractivity contribution in [2.45, 2.75) is 26.0 Å². The number of nitrogen functional groups attached to an aromatic ring is 1. The number of anilines is 1. The molecule has 74 valence electrons. The van der Waals surface area contributed by atoms with E-state index in [1.165, 1.54) is 6.20 Å². The molecular formula is C8H14ClN3O. The zero-order chi connectivity index (χ0) is 10.1. The third-order valence-corrected chi connectivity index (χ3v) is 2.21. The summed E-state index contributed by atoms with van der Waals surface area (Å²) in [6.07, 6.45) is 1.53. The number of halogens is 1. The Labute approximate surface area is 82.6 Å². The number of rotatable bonds is 3. The zero-order valence-corrected chi connectivity index (χ0v) is 8.80. The molecule has 0 aliphatic rings. The number of nitrogens with zero attached hydrogens (tertiary/aromatic N) is 2. The van der Waals surface area contributed by atoms with Gasteiger partial charge in [0, 0.05) is 7.11 Å². The first-order chi connectivity index (χ1) is 5.96. The number of aromatic nitrogens is 2. The summed E-state index contributed by atoms with van der Waals surface area (Å²) in [5.74, 6) is 0.479. The Morgan fingerprint density at radius 1 is 1.69 bits per heavy atom. The van der Waals surface area contributed by atoms with Gasteiger partial charge in [-0.25, -0.2) is 4.68 Å². The van der Waals surface area contributed by atoms with E-state index in [1.807, 2.05) is 13.8 Å². The highest BCUT2D eigenvalue weighted by atomic mass is 35.5. The molecule has 1 aromatic rings. The maximum absolute atomic E-state index is 5.75. The van der Waals surface area contributed by atoms with E-state index in [0.717, 1.165) is 0 Å². The highest BCUT2D eigenvalue weighted by Crippen LogP contribution is 2.20. The molecule has 0 aromatic carbocycles. The van der Waals surface area contributed by atoms with Gasteiger partial charge in [-0.1, -0.05) is 11.6 Å². The molecule has 5 heteroatoms. The Kier molecular flexibility index (Phi) is 2.83. The van der Waals surface area contributed by atoms with Crippen molar-refractivity contribution in [3.05, 3.63) is 11.2 Å². The molecule has 2 N–H and O–H groups in total. The lowest BCUT2D eigenvalue weighted by Crippen LogP contribution is -2.30. The van der Waals surface area contributed by atoms with E-state index in [9.17, 15) is 0 Å². The first-order valence-corrected chi connectivity index (χ1v) is 4.36. The Balaban J connectivity index is 2.80. The fourth-order valence-electron chi connectivity index (χ4n) is 0.923. The Bertz CT molecular complexity index is 296. The van der Waals surface area contributed by atoms with Crippen LogP contribution in [0, 0.1) is 0 Å². The van der Waals surface area contributed by atoms with E-state index >= 15 is 0 Å². The normalized spacial score (nSPS) is 12.0. The summed E-state index contributed by atoms with van der Waals surface area (Å²) in [6, 6.07) is 0. The summed E-state index contributed by atoms with van der Waals surface area (Å²) in [4.78, 5) is 0. The van der Waals surface area contributed by atoms with E-state index in [1.54, 1.807) is 11.8 Å². The number of methoxy groups -OCH3 is 1. The van der Waals surface area contributed by atoms with Crippen LogP contribution in [0.25, 0.3) is 0 Å². The van der Waals surface area contributed by atoms with Crippen LogP contribution in [0.2, 0.25) is 5.02 Å². The zero-order valence-electron chi connectivity index (χ0n) is 8.04. The van der Waals surface area contributed by atoms with E-state index in [0.29, 0.717) is 17.4 Å². The minimum atomic E-state index is -0.288. The monoisotopic (exact) mass is 203 g/mol. The lowest BCUT2D eigenvalue weighted by atomic mass is 10.1. The van der Waals surface area contributed by atoms with Gasteiger partial charge in [0.2, 0.25) is 0 Å². The van der Waals surface area contributed by atoms with Gasteiger partial charge in [-0.3, -0.25) is 0 Å². The molecule has 0 aliphatic heterocycles. The average Bonchev–Trinajstić information content (AvgIpc) is 2.36. The largest absolute Gasteiger partial charge is 0.383 e. The smallest absolute Gasteiger partial charge is 0.140 e. The second-order valence-electron chi connectivity index (χ2n) is 3.50. The Morgan fingerprint density at radius 2 is 2.31 bits per heavy atom. The second-order valence-corrected chi connectivity index (χ2v) is 3.91. The van der Waals surface area contributed by atoms with Crippen molar-refractivity contribution < 1.29 is 4.74 Å². The van der Waals surface area contributed by atoms with Crippen LogP contribution in [0.15, 0.2) is 6.20 Å². The van der Waals surface area contributed by atoms with Gasteiger partial charge in [0.15, 0.2) is 0 Å². The summed E-state index contributed by atoms with van der Waals surface area (Å²) in [6.45, 7) is 4.51. The van der Waals surface area contributed by atoms with Crippen LogP contribution in [0.1, 0.15) is 13.8 Å². The van der Waals surface area contributed by atoms with E-state index in [-0.39, 0.29) is 5.60 Å². The summed E-state index contributed by atoms with van der Waals surface area (Å²) in [5, 5.41) is 4.51. The van der Waals surface area contributed by atoms with Crippen molar-refractivity contribution in [1.29, 1.82) is 0 Å². The predicted molar refractivity (Wildman–Crippen MR) is 52.7 cm³/mol. The molecule has 0 fully saturated rings. The summed E-state index contributed by atoms with van der Waals surface area (Å²) in [5.41, 5.74) is 5.39. The Morgan fingerprint density at radius 3 is 2.69 bits per heavy atom.